The van der Waals surface area contributed by atoms with Crippen molar-refractivity contribution in [3.05, 3.63) is 81.5 Å². The van der Waals surface area contributed by atoms with Gasteiger partial charge in [-0.15, -0.1) is 11.3 Å². The molecule has 4 rings (SSSR count). The Morgan fingerprint density at radius 1 is 1.04 bits per heavy atom. The number of ether oxygens (including phenoxy) is 1. The smallest absolute Gasteiger partial charge is 0.328 e. The maximum atomic E-state index is 12.5. The lowest BCUT2D eigenvalue weighted by atomic mass is 9.98. The van der Waals surface area contributed by atoms with E-state index < -0.39 is 12.0 Å². The molecule has 1 atom stereocenters. The molecule has 0 bridgehead atoms. The average molecular weight is 377 g/mol. The van der Waals surface area contributed by atoms with Crippen molar-refractivity contribution in [3.8, 4) is 11.1 Å². The van der Waals surface area contributed by atoms with E-state index in [1.165, 1.54) is 22.5 Å². The second-order valence-electron chi connectivity index (χ2n) is 6.45. The Hall–Kier alpha value is -2.96. The van der Waals surface area contributed by atoms with Crippen LogP contribution >= 0.6 is 11.3 Å². The van der Waals surface area contributed by atoms with Crippen LogP contribution in [0.1, 0.15) is 32.8 Å². The fourth-order valence-electron chi connectivity index (χ4n) is 3.48. The van der Waals surface area contributed by atoms with Gasteiger partial charge in [0.25, 0.3) is 0 Å². The van der Waals surface area contributed by atoms with Crippen LogP contribution in [0.15, 0.2) is 60.7 Å². The van der Waals surface area contributed by atoms with Gasteiger partial charge < -0.3 is 16.2 Å². The van der Waals surface area contributed by atoms with Gasteiger partial charge in [0.05, 0.1) is 4.88 Å². The summed E-state index contributed by atoms with van der Waals surface area (Å²) in [5, 5.41) is 7.46. The largest absolute Gasteiger partial charge is 0.463 e. The van der Waals surface area contributed by atoms with Gasteiger partial charge in [-0.25, -0.2) is 4.79 Å². The molecule has 1 aliphatic carbocycles. The molecular formula is C21H19N3O2S. The fraction of sp³-hybridized carbons (Fsp3) is 0.143. The van der Waals surface area contributed by atoms with E-state index in [2.05, 4.69) is 24.3 Å². The molecule has 1 aromatic heterocycles. The molecule has 0 aliphatic heterocycles. The van der Waals surface area contributed by atoms with Crippen molar-refractivity contribution in [2.24, 2.45) is 11.5 Å². The molecule has 27 heavy (non-hydrogen) atoms. The molecule has 5 N–H and O–H groups in total. The minimum atomic E-state index is -0.880. The van der Waals surface area contributed by atoms with Crippen molar-refractivity contribution in [3.63, 3.8) is 0 Å². The molecule has 0 amide bonds. The first kappa shape index (κ1) is 17.5. The third kappa shape index (κ3) is 3.13. The van der Waals surface area contributed by atoms with E-state index in [9.17, 15) is 4.79 Å². The summed E-state index contributed by atoms with van der Waals surface area (Å²) in [6, 6.07) is 18.9. The van der Waals surface area contributed by atoms with Gasteiger partial charge in [-0.3, -0.25) is 5.41 Å². The molecule has 3 aromatic rings. The Kier molecular flexibility index (Phi) is 4.51. The van der Waals surface area contributed by atoms with Crippen LogP contribution in [0.5, 0.6) is 0 Å². The van der Waals surface area contributed by atoms with E-state index in [-0.39, 0.29) is 18.4 Å². The van der Waals surface area contributed by atoms with Gasteiger partial charge in [-0.05, 0) is 34.4 Å². The van der Waals surface area contributed by atoms with E-state index in [0.29, 0.717) is 9.75 Å². The van der Waals surface area contributed by atoms with E-state index in [4.69, 9.17) is 21.6 Å². The normalized spacial score (nSPS) is 13.7. The van der Waals surface area contributed by atoms with Gasteiger partial charge in [0.1, 0.15) is 18.5 Å². The molecule has 0 saturated carbocycles. The number of hydrogen-bond donors (Lipinski definition) is 3. The molecule has 1 heterocycles. The van der Waals surface area contributed by atoms with Crippen LogP contribution in [0, 0.1) is 5.41 Å². The Morgan fingerprint density at radius 3 is 2.19 bits per heavy atom. The minimum absolute atomic E-state index is 0.00432. The number of carbonyl (C=O) groups excluding carboxylic acids is 1. The third-order valence-electron chi connectivity index (χ3n) is 4.81. The van der Waals surface area contributed by atoms with E-state index in [1.807, 2.05) is 24.3 Å². The first-order chi connectivity index (χ1) is 13.1. The molecule has 0 fully saturated rings. The fourth-order valence-corrected chi connectivity index (χ4v) is 4.33. The van der Waals surface area contributed by atoms with Gasteiger partial charge in [0.2, 0.25) is 0 Å². The van der Waals surface area contributed by atoms with Crippen molar-refractivity contribution in [2.45, 2.75) is 12.0 Å². The molecule has 6 heteroatoms. The number of hydrogen-bond acceptors (Lipinski definition) is 5. The molecule has 2 aromatic carbocycles. The van der Waals surface area contributed by atoms with Crippen molar-refractivity contribution in [1.82, 2.24) is 0 Å². The predicted octanol–water partition coefficient (Wildman–Crippen LogP) is 3.39. The Bertz CT molecular complexity index is 982. The van der Waals surface area contributed by atoms with E-state index in [0.717, 1.165) is 11.1 Å². The SMILES string of the molecule is N=C(N)c1ccc(C(N)C(=O)OCC2c3ccccc3-c3ccccc32)s1. The number of nitrogens with one attached hydrogen (secondary N) is 1. The zero-order valence-electron chi connectivity index (χ0n) is 14.5. The Balaban J connectivity index is 1.51. The number of esters is 1. The highest BCUT2D eigenvalue weighted by molar-refractivity contribution is 7.14. The lowest BCUT2D eigenvalue weighted by molar-refractivity contribution is -0.145. The molecular weight excluding hydrogens is 358 g/mol. The topological polar surface area (TPSA) is 102 Å². The molecule has 5 nitrogen and oxygen atoms in total. The number of carbonyl (C=O) groups is 1. The summed E-state index contributed by atoms with van der Waals surface area (Å²) in [7, 11) is 0. The van der Waals surface area contributed by atoms with Gasteiger partial charge in [0, 0.05) is 10.8 Å². The highest BCUT2D eigenvalue weighted by Crippen LogP contribution is 2.44. The molecule has 1 unspecified atom stereocenters. The van der Waals surface area contributed by atoms with Crippen LogP contribution in [0.25, 0.3) is 11.1 Å². The van der Waals surface area contributed by atoms with Gasteiger partial charge in [-0.2, -0.15) is 0 Å². The number of nitrogen functional groups attached to an aromatic ring is 1. The summed E-state index contributed by atoms with van der Waals surface area (Å²) in [5.74, 6) is -0.510. The zero-order valence-corrected chi connectivity index (χ0v) is 15.3. The monoisotopic (exact) mass is 377 g/mol. The summed E-state index contributed by atoms with van der Waals surface area (Å²) in [6.45, 7) is 0.242. The average Bonchev–Trinajstić information content (AvgIpc) is 3.29. The molecule has 0 radical (unpaired) electrons. The third-order valence-corrected chi connectivity index (χ3v) is 6.01. The van der Waals surface area contributed by atoms with Crippen LogP contribution in [-0.2, 0) is 9.53 Å². The number of amidine groups is 1. The summed E-state index contributed by atoms with van der Waals surface area (Å²) in [6.07, 6.45) is 0. The predicted molar refractivity (Wildman–Crippen MR) is 107 cm³/mol. The number of rotatable bonds is 5. The van der Waals surface area contributed by atoms with Crippen LogP contribution in [0.2, 0.25) is 0 Å². The maximum Gasteiger partial charge on any atom is 0.328 e. The Morgan fingerprint density at radius 2 is 1.63 bits per heavy atom. The summed E-state index contributed by atoms with van der Waals surface area (Å²) in [5.41, 5.74) is 16.2. The van der Waals surface area contributed by atoms with E-state index in [1.54, 1.807) is 12.1 Å². The van der Waals surface area contributed by atoms with Gasteiger partial charge in [-0.1, -0.05) is 48.5 Å². The summed E-state index contributed by atoms with van der Waals surface area (Å²) >= 11 is 1.24. The molecule has 1 aliphatic rings. The first-order valence-corrected chi connectivity index (χ1v) is 9.42. The highest BCUT2D eigenvalue weighted by Gasteiger charge is 2.30. The van der Waals surface area contributed by atoms with Crippen LogP contribution in [-0.4, -0.2) is 18.4 Å². The minimum Gasteiger partial charge on any atom is -0.463 e. The Labute approximate surface area is 161 Å². The molecule has 0 saturated heterocycles. The maximum absolute atomic E-state index is 12.5. The number of benzene rings is 2. The summed E-state index contributed by atoms with van der Waals surface area (Å²) < 4.78 is 5.58. The molecule has 0 spiro atoms. The standard InChI is InChI=1S/C21H19N3O2S/c22-19(17-9-10-18(27-17)20(23)24)21(25)26-11-16-14-7-3-1-5-12(14)13-6-2-4-8-15(13)16/h1-10,16,19H,11,22H2,(H3,23,24). The number of thiophene rings is 1. The van der Waals surface area contributed by atoms with Crippen LogP contribution in [0.4, 0.5) is 0 Å². The highest BCUT2D eigenvalue weighted by atomic mass is 32.1. The van der Waals surface area contributed by atoms with Gasteiger partial charge in [0.15, 0.2) is 0 Å². The number of nitrogens with two attached hydrogens (primary N) is 2. The van der Waals surface area contributed by atoms with Crippen molar-refractivity contribution in [1.29, 1.82) is 5.41 Å². The lowest BCUT2D eigenvalue weighted by Crippen LogP contribution is -2.24. The quantitative estimate of drug-likeness (QED) is 0.360. The van der Waals surface area contributed by atoms with Crippen LogP contribution in [0.3, 0.4) is 0 Å². The van der Waals surface area contributed by atoms with E-state index >= 15 is 0 Å². The first-order valence-electron chi connectivity index (χ1n) is 8.61. The second kappa shape index (κ2) is 6.98. The number of fused-ring (bicyclic) bond motifs is 3. The second-order valence-corrected chi connectivity index (χ2v) is 7.57. The molecule has 136 valence electrons. The van der Waals surface area contributed by atoms with Crippen molar-refractivity contribution < 1.29 is 9.53 Å². The van der Waals surface area contributed by atoms with Crippen molar-refractivity contribution >= 4 is 23.1 Å². The van der Waals surface area contributed by atoms with Crippen LogP contribution < -0.4 is 11.5 Å². The van der Waals surface area contributed by atoms with Crippen molar-refractivity contribution in [2.75, 3.05) is 6.61 Å². The van der Waals surface area contributed by atoms with Gasteiger partial charge >= 0.3 is 5.97 Å². The lowest BCUT2D eigenvalue weighted by Gasteiger charge is -2.16. The zero-order chi connectivity index (χ0) is 19.0. The summed E-state index contributed by atoms with van der Waals surface area (Å²) in [4.78, 5) is 13.7.